The number of nitrogens with one attached hydrogen (secondary N) is 2. The zero-order valence-electron chi connectivity index (χ0n) is 17.7. The highest BCUT2D eigenvalue weighted by atomic mass is 35.5. The first kappa shape index (κ1) is 23.4. The van der Waals surface area contributed by atoms with Crippen LogP contribution in [0.15, 0.2) is 102 Å². The van der Waals surface area contributed by atoms with Gasteiger partial charge in [-0.3, -0.25) is 14.5 Å². The normalized spacial score (nSPS) is 12.1. The van der Waals surface area contributed by atoms with Gasteiger partial charge in [-0.05, 0) is 60.2 Å². The van der Waals surface area contributed by atoms with Crippen molar-refractivity contribution < 1.29 is 17.6 Å². The highest BCUT2D eigenvalue weighted by Gasteiger charge is 2.23. The van der Waals surface area contributed by atoms with Gasteiger partial charge in [0.2, 0.25) is 0 Å². The van der Waals surface area contributed by atoms with Crippen molar-refractivity contribution >= 4 is 33.2 Å². The summed E-state index contributed by atoms with van der Waals surface area (Å²) in [6.07, 6.45) is 1.63. The van der Waals surface area contributed by atoms with Gasteiger partial charge < -0.3 is 5.32 Å². The highest BCUT2D eigenvalue weighted by Crippen LogP contribution is 2.26. The molecule has 0 spiro atoms. The maximum Gasteiger partial charge on any atom is 0.263 e. The smallest absolute Gasteiger partial charge is 0.263 e. The number of halogens is 2. The fourth-order valence-electron chi connectivity index (χ4n) is 3.31. The Labute approximate surface area is 201 Å². The molecule has 0 fully saturated rings. The second-order valence-electron chi connectivity index (χ2n) is 7.33. The molecule has 1 unspecified atom stereocenters. The molecular weight excluding hydrogens is 477 g/mol. The molecule has 1 aromatic heterocycles. The van der Waals surface area contributed by atoms with E-state index in [0.717, 1.165) is 17.7 Å². The Bertz CT molecular complexity index is 1360. The standard InChI is InChI=1S/C25H19ClFN3O3S/c26-21-14-9-18(16-23(21)34(32,33)30-20-12-10-19(27)11-13-20)25(31)29-24(17-6-2-1-3-7-17)22-8-4-5-15-28-22/h1-16,24,30H,(H,29,31). The fourth-order valence-corrected chi connectivity index (χ4v) is 4.90. The molecular formula is C25H19ClFN3O3S. The van der Waals surface area contributed by atoms with Crippen molar-refractivity contribution in [3.8, 4) is 0 Å². The Balaban J connectivity index is 1.63. The van der Waals surface area contributed by atoms with Gasteiger partial charge in [-0.15, -0.1) is 0 Å². The molecule has 0 saturated heterocycles. The summed E-state index contributed by atoms with van der Waals surface area (Å²) < 4.78 is 41.3. The number of carbonyl (C=O) groups excluding carboxylic acids is 1. The number of rotatable bonds is 7. The van der Waals surface area contributed by atoms with Crippen molar-refractivity contribution in [3.63, 3.8) is 0 Å². The van der Waals surface area contributed by atoms with Crippen molar-refractivity contribution in [1.82, 2.24) is 10.3 Å². The number of carbonyl (C=O) groups is 1. The maximum absolute atomic E-state index is 13.2. The minimum Gasteiger partial charge on any atom is -0.340 e. The van der Waals surface area contributed by atoms with E-state index in [4.69, 9.17) is 11.6 Å². The van der Waals surface area contributed by atoms with Gasteiger partial charge in [0.15, 0.2) is 0 Å². The summed E-state index contributed by atoms with van der Waals surface area (Å²) in [7, 11) is -4.14. The number of pyridine rings is 1. The van der Waals surface area contributed by atoms with E-state index in [2.05, 4.69) is 15.0 Å². The lowest BCUT2D eigenvalue weighted by atomic mass is 10.0. The molecule has 1 atom stereocenters. The second-order valence-corrected chi connectivity index (χ2v) is 9.39. The van der Waals surface area contributed by atoms with Crippen molar-refractivity contribution in [2.24, 2.45) is 0 Å². The highest BCUT2D eigenvalue weighted by molar-refractivity contribution is 7.92. The molecule has 6 nitrogen and oxygen atoms in total. The van der Waals surface area contributed by atoms with E-state index in [0.29, 0.717) is 5.69 Å². The Kier molecular flexibility index (Phi) is 6.90. The third kappa shape index (κ3) is 5.41. The van der Waals surface area contributed by atoms with Crippen LogP contribution in [-0.4, -0.2) is 19.3 Å². The van der Waals surface area contributed by atoms with Gasteiger partial charge in [0.05, 0.1) is 16.8 Å². The van der Waals surface area contributed by atoms with Crippen LogP contribution in [-0.2, 0) is 10.0 Å². The number of amides is 1. The van der Waals surface area contributed by atoms with Crippen LogP contribution >= 0.6 is 11.6 Å². The van der Waals surface area contributed by atoms with Gasteiger partial charge in [-0.2, -0.15) is 0 Å². The quantitative estimate of drug-likeness (QED) is 0.369. The molecule has 0 aliphatic carbocycles. The zero-order chi connectivity index (χ0) is 24.1. The summed E-state index contributed by atoms with van der Waals surface area (Å²) in [6, 6.07) is 22.9. The first-order valence-corrected chi connectivity index (χ1v) is 12.0. The molecule has 0 saturated carbocycles. The number of sulfonamides is 1. The predicted molar refractivity (Wildman–Crippen MR) is 129 cm³/mol. The molecule has 0 aliphatic rings. The monoisotopic (exact) mass is 495 g/mol. The molecule has 34 heavy (non-hydrogen) atoms. The van der Waals surface area contributed by atoms with Crippen molar-refractivity contribution in [1.29, 1.82) is 0 Å². The topological polar surface area (TPSA) is 88.2 Å². The van der Waals surface area contributed by atoms with Crippen LogP contribution in [0.2, 0.25) is 5.02 Å². The Morgan fingerprint density at radius 3 is 2.29 bits per heavy atom. The van der Waals surface area contributed by atoms with Gasteiger partial charge >= 0.3 is 0 Å². The van der Waals surface area contributed by atoms with Gasteiger partial charge in [0.1, 0.15) is 10.7 Å². The predicted octanol–water partition coefficient (Wildman–Crippen LogP) is 5.19. The molecule has 0 bridgehead atoms. The van der Waals surface area contributed by atoms with E-state index in [1.165, 1.54) is 30.3 Å². The molecule has 3 aromatic carbocycles. The summed E-state index contributed by atoms with van der Waals surface area (Å²) in [5.74, 6) is -1.00. The molecule has 1 amide bonds. The Morgan fingerprint density at radius 1 is 0.912 bits per heavy atom. The lowest BCUT2D eigenvalue weighted by Crippen LogP contribution is -2.30. The molecule has 1 heterocycles. The van der Waals surface area contributed by atoms with Crippen LogP contribution in [0.25, 0.3) is 0 Å². The number of hydrogen-bond acceptors (Lipinski definition) is 4. The largest absolute Gasteiger partial charge is 0.340 e. The zero-order valence-corrected chi connectivity index (χ0v) is 19.2. The molecule has 0 aliphatic heterocycles. The molecule has 9 heteroatoms. The third-order valence-electron chi connectivity index (χ3n) is 4.97. The maximum atomic E-state index is 13.2. The third-order valence-corrected chi connectivity index (χ3v) is 6.83. The van der Waals surface area contributed by atoms with Gasteiger partial charge in [0.25, 0.3) is 15.9 Å². The number of hydrogen-bond donors (Lipinski definition) is 2. The van der Waals surface area contributed by atoms with Crippen molar-refractivity contribution in [2.75, 3.05) is 4.72 Å². The van der Waals surface area contributed by atoms with Crippen molar-refractivity contribution in [3.05, 3.63) is 125 Å². The van der Waals surface area contributed by atoms with Crippen LogP contribution in [0, 0.1) is 5.82 Å². The molecule has 0 radical (unpaired) electrons. The summed E-state index contributed by atoms with van der Waals surface area (Å²) in [5, 5.41) is 2.86. The van der Waals surface area contributed by atoms with E-state index in [1.807, 2.05) is 36.4 Å². The van der Waals surface area contributed by atoms with E-state index >= 15 is 0 Å². The van der Waals surface area contributed by atoms with Crippen LogP contribution in [0.1, 0.15) is 27.7 Å². The average molecular weight is 496 g/mol. The molecule has 4 aromatic rings. The SMILES string of the molecule is O=C(NC(c1ccccc1)c1ccccn1)c1ccc(Cl)c(S(=O)(=O)Nc2ccc(F)cc2)c1. The molecule has 4 rings (SSSR count). The number of benzene rings is 3. The fraction of sp³-hybridized carbons (Fsp3) is 0.0400. The van der Waals surface area contributed by atoms with Crippen LogP contribution in [0.5, 0.6) is 0 Å². The summed E-state index contributed by atoms with van der Waals surface area (Å²) in [6.45, 7) is 0. The molecule has 172 valence electrons. The first-order valence-electron chi connectivity index (χ1n) is 10.2. The van der Waals surface area contributed by atoms with Gasteiger partial charge in [-0.25, -0.2) is 12.8 Å². The van der Waals surface area contributed by atoms with E-state index < -0.39 is 27.8 Å². The van der Waals surface area contributed by atoms with Crippen molar-refractivity contribution in [2.45, 2.75) is 10.9 Å². The minimum atomic E-state index is -4.14. The Morgan fingerprint density at radius 2 is 1.62 bits per heavy atom. The van der Waals surface area contributed by atoms with Gasteiger partial charge in [-0.1, -0.05) is 48.0 Å². The van der Waals surface area contributed by atoms with Crippen LogP contribution < -0.4 is 10.0 Å². The first-order chi connectivity index (χ1) is 16.3. The lowest BCUT2D eigenvalue weighted by molar-refractivity contribution is 0.0942. The van der Waals surface area contributed by atoms with Crippen LogP contribution in [0.4, 0.5) is 10.1 Å². The number of anilines is 1. The van der Waals surface area contributed by atoms with Crippen LogP contribution in [0.3, 0.4) is 0 Å². The van der Waals surface area contributed by atoms with E-state index in [9.17, 15) is 17.6 Å². The average Bonchev–Trinajstić information content (AvgIpc) is 2.85. The summed E-state index contributed by atoms with van der Waals surface area (Å²) >= 11 is 6.15. The van der Waals surface area contributed by atoms with Gasteiger partial charge in [0, 0.05) is 17.4 Å². The summed E-state index contributed by atoms with van der Waals surface area (Å²) in [4.78, 5) is 17.2. The van der Waals surface area contributed by atoms with E-state index in [-0.39, 0.29) is 21.2 Å². The van der Waals surface area contributed by atoms with E-state index in [1.54, 1.807) is 18.3 Å². The Hall–Kier alpha value is -3.75. The number of nitrogens with zero attached hydrogens (tertiary/aromatic N) is 1. The lowest BCUT2D eigenvalue weighted by Gasteiger charge is -2.19. The molecule has 2 N–H and O–H groups in total. The number of aromatic nitrogens is 1. The second kappa shape index (κ2) is 10.0. The minimum absolute atomic E-state index is 0.0597. The summed E-state index contributed by atoms with van der Waals surface area (Å²) in [5.41, 5.74) is 1.70.